The van der Waals surface area contributed by atoms with Crippen LogP contribution in [0.3, 0.4) is 0 Å². The molecular formula is C37H36IrN2OSi-2. The summed E-state index contributed by atoms with van der Waals surface area (Å²) in [6.07, 6.45) is 10.7. The van der Waals surface area contributed by atoms with Crippen molar-refractivity contribution in [3.05, 3.63) is 115 Å². The first-order chi connectivity index (χ1) is 20.0. The van der Waals surface area contributed by atoms with Crippen LogP contribution in [0.4, 0.5) is 0 Å². The third-order valence-electron chi connectivity index (χ3n) is 8.03. The molecule has 3 heterocycles. The molecule has 1 fully saturated rings. The van der Waals surface area contributed by atoms with Gasteiger partial charge in [-0.05, 0) is 47.8 Å². The smallest absolute Gasteiger partial charge is 0.120 e. The van der Waals surface area contributed by atoms with Gasteiger partial charge >= 0.3 is 0 Å². The third kappa shape index (κ3) is 6.49. The van der Waals surface area contributed by atoms with Crippen LogP contribution < -0.4 is 5.19 Å². The normalized spacial score (nSPS) is 13.8. The van der Waals surface area contributed by atoms with Crippen molar-refractivity contribution in [1.29, 1.82) is 0 Å². The van der Waals surface area contributed by atoms with Crippen molar-refractivity contribution in [2.45, 2.75) is 57.7 Å². The van der Waals surface area contributed by atoms with Crippen molar-refractivity contribution < 1.29 is 24.5 Å². The number of fused-ring (bicyclic) bond motifs is 3. The average Bonchev–Trinajstić information content (AvgIpc) is 3.41. The Bertz CT molecular complexity index is 1740. The molecule has 1 aliphatic rings. The molecule has 1 radical (unpaired) electrons. The Morgan fingerprint density at radius 1 is 0.762 bits per heavy atom. The first kappa shape index (κ1) is 30.1. The molecule has 0 saturated heterocycles. The van der Waals surface area contributed by atoms with Crippen LogP contribution in [0.5, 0.6) is 0 Å². The zero-order valence-electron chi connectivity index (χ0n) is 24.5. The van der Waals surface area contributed by atoms with E-state index in [0.717, 1.165) is 45.0 Å². The van der Waals surface area contributed by atoms with Crippen molar-refractivity contribution in [2.75, 3.05) is 0 Å². The third-order valence-corrected chi connectivity index (χ3v) is 10.1. The number of pyridine rings is 2. The molecule has 215 valence electrons. The monoisotopic (exact) mass is 745 g/mol. The fraction of sp³-hybridized carbons (Fsp3) is 0.243. The van der Waals surface area contributed by atoms with E-state index in [9.17, 15) is 0 Å². The summed E-state index contributed by atoms with van der Waals surface area (Å²) in [4.78, 5) is 9.05. The summed E-state index contributed by atoms with van der Waals surface area (Å²) in [5.41, 5.74) is 7.17. The molecule has 0 unspecified atom stereocenters. The van der Waals surface area contributed by atoms with Gasteiger partial charge in [-0.2, -0.15) is 0 Å². The van der Waals surface area contributed by atoms with E-state index in [0.29, 0.717) is 0 Å². The number of rotatable bonds is 4. The van der Waals surface area contributed by atoms with Crippen LogP contribution >= 0.6 is 0 Å². The van der Waals surface area contributed by atoms with Crippen LogP contribution in [-0.4, -0.2) is 18.0 Å². The van der Waals surface area contributed by atoms with Gasteiger partial charge in [0.1, 0.15) is 5.58 Å². The van der Waals surface area contributed by atoms with Crippen LogP contribution in [0.2, 0.25) is 19.6 Å². The van der Waals surface area contributed by atoms with Crippen molar-refractivity contribution >= 4 is 35.2 Å². The minimum absolute atomic E-state index is 0. The van der Waals surface area contributed by atoms with Gasteiger partial charge in [0, 0.05) is 37.9 Å². The fourth-order valence-corrected chi connectivity index (χ4v) is 7.52. The number of benzene rings is 3. The number of hydrogen-bond donors (Lipinski definition) is 0. The number of furan rings is 1. The molecule has 0 atom stereocenters. The Kier molecular flexibility index (Phi) is 9.52. The second-order valence-corrected chi connectivity index (χ2v) is 17.0. The van der Waals surface area contributed by atoms with Gasteiger partial charge < -0.3 is 14.4 Å². The first-order valence-electron chi connectivity index (χ1n) is 14.7. The molecule has 1 aliphatic carbocycles. The van der Waals surface area contributed by atoms with E-state index in [-0.39, 0.29) is 20.1 Å². The molecule has 1 saturated carbocycles. The van der Waals surface area contributed by atoms with E-state index >= 15 is 0 Å². The predicted molar refractivity (Wildman–Crippen MR) is 173 cm³/mol. The molecule has 0 bridgehead atoms. The first-order valence-corrected chi connectivity index (χ1v) is 18.2. The minimum Gasteiger partial charge on any atom is -0.501 e. The van der Waals surface area contributed by atoms with E-state index < -0.39 is 8.07 Å². The summed E-state index contributed by atoms with van der Waals surface area (Å²) in [5.74, 6) is 0.736. The van der Waals surface area contributed by atoms with Gasteiger partial charge in [-0.1, -0.05) is 91.4 Å². The minimum atomic E-state index is -1.46. The van der Waals surface area contributed by atoms with Gasteiger partial charge in [-0.15, -0.1) is 54.1 Å². The van der Waals surface area contributed by atoms with Crippen LogP contribution in [0, 0.1) is 12.1 Å². The Morgan fingerprint density at radius 3 is 2.29 bits per heavy atom. The van der Waals surface area contributed by atoms with Gasteiger partial charge in [0.2, 0.25) is 0 Å². The average molecular weight is 745 g/mol. The fourth-order valence-electron chi connectivity index (χ4n) is 5.91. The zero-order valence-corrected chi connectivity index (χ0v) is 27.9. The second-order valence-electron chi connectivity index (χ2n) is 11.9. The van der Waals surface area contributed by atoms with Gasteiger partial charge in [0.05, 0.1) is 13.7 Å². The van der Waals surface area contributed by atoms with E-state index in [1.807, 2.05) is 42.5 Å². The maximum absolute atomic E-state index is 6.22. The van der Waals surface area contributed by atoms with Gasteiger partial charge in [-0.3, -0.25) is 0 Å². The van der Waals surface area contributed by atoms with E-state index in [1.165, 1.54) is 48.2 Å². The molecule has 3 aromatic heterocycles. The number of hydrogen-bond acceptors (Lipinski definition) is 3. The Labute approximate surface area is 263 Å². The van der Waals surface area contributed by atoms with E-state index in [4.69, 9.17) is 4.42 Å². The van der Waals surface area contributed by atoms with Crippen LogP contribution in [0.1, 0.15) is 43.6 Å². The van der Waals surface area contributed by atoms with E-state index in [1.54, 1.807) is 6.20 Å². The second kappa shape index (κ2) is 13.3. The summed E-state index contributed by atoms with van der Waals surface area (Å²) in [6.45, 7) is 7.11. The zero-order chi connectivity index (χ0) is 28.2. The van der Waals surface area contributed by atoms with Crippen molar-refractivity contribution in [1.82, 2.24) is 9.97 Å². The Hall–Kier alpha value is -3.37. The van der Waals surface area contributed by atoms with Crippen LogP contribution in [0.25, 0.3) is 44.5 Å². The predicted octanol–water partition coefficient (Wildman–Crippen LogP) is 9.59. The molecule has 3 aromatic carbocycles. The summed E-state index contributed by atoms with van der Waals surface area (Å²) in [5, 5.41) is 3.86. The maximum Gasteiger partial charge on any atom is 0.120 e. The molecule has 0 spiro atoms. The molecule has 5 heteroatoms. The van der Waals surface area contributed by atoms with Crippen molar-refractivity contribution in [2.24, 2.45) is 0 Å². The number of aromatic nitrogens is 2. The summed E-state index contributed by atoms with van der Waals surface area (Å²) < 4.78 is 6.22. The molecular weight excluding hydrogens is 709 g/mol. The SMILES string of the molecule is C[Si](C)(C)c1cccc2oc3c(-c4ccccn4)[c-]ccc3c12.[Ir].[c-]1ccccc1-c1ccc(C2CCCCC2)cn1. The molecule has 3 nitrogen and oxygen atoms in total. The molecule has 7 rings (SSSR count). The molecule has 0 aliphatic heterocycles. The quantitative estimate of drug-likeness (QED) is 0.133. The standard InChI is InChI=1S/C20H18NOSi.C17H18N.Ir/c1-23(2,3)18-12-7-11-17-19(18)15-9-6-8-14(20(15)22-17)16-10-4-5-13-21-16;1-3-7-14(8-4-1)16-11-12-17(18-13-16)15-9-5-2-6-10-15;/h4-7,9-13H,1-3H3;2,5-6,9,11-14H,1,3-4,7-8H2;/q2*-1;. The molecule has 0 amide bonds. The maximum atomic E-state index is 6.22. The molecule has 42 heavy (non-hydrogen) atoms. The Balaban J connectivity index is 0.000000169. The Morgan fingerprint density at radius 2 is 1.60 bits per heavy atom. The molecule has 0 N–H and O–H groups in total. The van der Waals surface area contributed by atoms with Gasteiger partial charge in [0.25, 0.3) is 0 Å². The molecule has 6 aromatic rings. The van der Waals surface area contributed by atoms with E-state index in [2.05, 4.69) is 90.4 Å². The van der Waals surface area contributed by atoms with Crippen LogP contribution in [-0.2, 0) is 20.1 Å². The van der Waals surface area contributed by atoms with Crippen molar-refractivity contribution in [3.8, 4) is 22.5 Å². The largest absolute Gasteiger partial charge is 0.501 e. The summed E-state index contributed by atoms with van der Waals surface area (Å²) in [6, 6.07) is 35.3. The topological polar surface area (TPSA) is 38.9 Å². The number of nitrogens with zero attached hydrogens (tertiary/aromatic N) is 2. The van der Waals surface area contributed by atoms with Crippen LogP contribution in [0.15, 0.2) is 102 Å². The summed E-state index contributed by atoms with van der Waals surface area (Å²) in [7, 11) is -1.46. The summed E-state index contributed by atoms with van der Waals surface area (Å²) >= 11 is 0. The van der Waals surface area contributed by atoms with Crippen molar-refractivity contribution in [3.63, 3.8) is 0 Å². The van der Waals surface area contributed by atoms with Gasteiger partial charge in [-0.25, -0.2) is 0 Å². The van der Waals surface area contributed by atoms with Gasteiger partial charge in [0.15, 0.2) is 0 Å².